The highest BCUT2D eigenvalue weighted by Crippen LogP contribution is 1.77. The van der Waals surface area contributed by atoms with Crippen LogP contribution >= 0.6 is 12.8 Å². The van der Waals surface area contributed by atoms with Gasteiger partial charge in [-0.15, -0.1) is 4.52 Å². The van der Waals surface area contributed by atoms with Crippen LogP contribution in [0.1, 0.15) is 0 Å². The number of nitrogens with zero attached hydrogens (tertiary/aromatic N) is 2. The molecule has 0 saturated carbocycles. The van der Waals surface area contributed by atoms with Crippen LogP contribution < -0.4 is 11.3 Å². The highest BCUT2D eigenvalue weighted by molar-refractivity contribution is 7.78. The Hall–Kier alpha value is -0.620. The molecule has 0 unspecified atom stereocenters. The van der Waals surface area contributed by atoms with Gasteiger partial charge >= 0.3 is 6.03 Å². The summed E-state index contributed by atoms with van der Waals surface area (Å²) in [5.74, 6) is 4.57. The molecule has 3 N–H and O–H groups in total. The zero-order chi connectivity index (χ0) is 5.70. The van der Waals surface area contributed by atoms with Crippen LogP contribution in [0.3, 0.4) is 0 Å². The Morgan fingerprint density at radius 3 is 2.57 bits per heavy atom. The molecule has 7 heavy (non-hydrogen) atoms. The Labute approximate surface area is 45.5 Å². The van der Waals surface area contributed by atoms with E-state index in [1.54, 1.807) is 5.43 Å². The molecule has 40 valence electrons. The fourth-order valence-corrected chi connectivity index (χ4v) is 0.151. The van der Waals surface area contributed by atoms with Crippen LogP contribution in [0.2, 0.25) is 0 Å². The Morgan fingerprint density at radius 2 is 2.43 bits per heavy atom. The van der Waals surface area contributed by atoms with Gasteiger partial charge in [0, 0.05) is 0 Å². The van der Waals surface area contributed by atoms with Gasteiger partial charge in [0.15, 0.2) is 0 Å². The number of carbonyl (C=O) groups is 1. The van der Waals surface area contributed by atoms with Crippen molar-refractivity contribution in [1.82, 2.24) is 5.43 Å². The molecule has 6 heteroatoms. The summed E-state index contributed by atoms with van der Waals surface area (Å²) in [7, 11) is 0. The third-order valence-electron chi connectivity index (χ3n) is 0.259. The normalized spacial score (nSPS) is 9.43. The maximum atomic E-state index is 9.87. The number of hydrogen-bond acceptors (Lipinski definition) is 3. The molecule has 0 atom stereocenters. The van der Waals surface area contributed by atoms with Gasteiger partial charge in [-0.3, -0.25) is 5.43 Å². The van der Waals surface area contributed by atoms with E-state index in [1.165, 1.54) is 0 Å². The van der Waals surface area contributed by atoms with Crippen molar-refractivity contribution in [2.45, 2.75) is 0 Å². The van der Waals surface area contributed by atoms with Crippen molar-refractivity contribution in [3.63, 3.8) is 0 Å². The fourth-order valence-electron chi connectivity index (χ4n) is 0.0695. The summed E-state index contributed by atoms with van der Waals surface area (Å²) in [6, 6.07) is -0.713. The molecule has 0 aromatic heterocycles. The average molecular weight is 120 g/mol. The Bertz CT molecular complexity index is 89.7. The van der Waals surface area contributed by atoms with Crippen LogP contribution in [0, 0.1) is 0 Å². The highest BCUT2D eigenvalue weighted by Gasteiger charge is 1.85. The van der Waals surface area contributed by atoms with Crippen molar-refractivity contribution in [3.8, 4) is 0 Å². The van der Waals surface area contributed by atoms with E-state index >= 15 is 0 Å². The summed E-state index contributed by atoms with van der Waals surface area (Å²) in [5.41, 5.74) is 1.72. The minimum atomic E-state index is -0.713. The van der Waals surface area contributed by atoms with Crippen LogP contribution in [0.15, 0.2) is 9.63 Å². The van der Waals surface area contributed by atoms with Gasteiger partial charge in [-0.2, -0.15) is 0 Å². The minimum Gasteiger partial charge on any atom is -0.273 e. The van der Waals surface area contributed by atoms with E-state index in [0.29, 0.717) is 0 Å². The lowest BCUT2D eigenvalue weighted by Gasteiger charge is -1.82. The smallest absolute Gasteiger partial charge is 0.273 e. The number of amides is 2. The number of thiol groups is 1. The molecular weight excluding hydrogens is 116 g/mol. The summed E-state index contributed by atoms with van der Waals surface area (Å²) in [6.07, 6.45) is 0. The van der Waals surface area contributed by atoms with E-state index in [-0.39, 0.29) is 0 Å². The first kappa shape index (κ1) is 6.38. The van der Waals surface area contributed by atoms with Crippen LogP contribution in [0.5, 0.6) is 0 Å². The molecule has 0 saturated heterocycles. The number of hydrogen-bond donors (Lipinski definition) is 3. The van der Waals surface area contributed by atoms with E-state index < -0.39 is 6.03 Å². The summed E-state index contributed by atoms with van der Waals surface area (Å²) in [5, 5.41) is 2.86. The molecule has 0 bridgehead atoms. The van der Waals surface area contributed by atoms with Crippen molar-refractivity contribution >= 4 is 18.8 Å². The molecule has 0 fully saturated rings. The van der Waals surface area contributed by atoms with Gasteiger partial charge in [-0.05, 0) is 12.8 Å². The Balaban J connectivity index is 3.37. The van der Waals surface area contributed by atoms with Gasteiger partial charge in [0.1, 0.15) is 0 Å². The third-order valence-corrected chi connectivity index (χ3v) is 0.348. The molecule has 0 spiro atoms. The van der Waals surface area contributed by atoms with Gasteiger partial charge in [0.2, 0.25) is 0 Å². The van der Waals surface area contributed by atoms with Crippen molar-refractivity contribution in [2.24, 2.45) is 15.5 Å². The lowest BCUT2D eigenvalue weighted by molar-refractivity contribution is 0.248. The van der Waals surface area contributed by atoms with E-state index in [0.717, 1.165) is 0 Å². The molecule has 0 aromatic rings. The molecule has 0 aromatic carbocycles. The minimum absolute atomic E-state index is 0.713. The SMILES string of the molecule is NNC(=O)N=NS. The first-order valence-corrected chi connectivity index (χ1v) is 1.77. The molecule has 2 amide bonds. The topological polar surface area (TPSA) is 79.8 Å². The first-order valence-electron chi connectivity index (χ1n) is 1.37. The number of urea groups is 1. The standard InChI is InChI=1S/CH4N4OS/c2-3-1(6)4-5-7/h2H2,(H2,3,4,6,7). The largest absolute Gasteiger partial charge is 0.374 e. The zero-order valence-corrected chi connectivity index (χ0v) is 4.22. The van der Waals surface area contributed by atoms with Crippen molar-refractivity contribution in [3.05, 3.63) is 0 Å². The van der Waals surface area contributed by atoms with Crippen LogP contribution in [-0.4, -0.2) is 6.03 Å². The van der Waals surface area contributed by atoms with E-state index in [2.05, 4.69) is 28.3 Å². The van der Waals surface area contributed by atoms with E-state index in [4.69, 9.17) is 0 Å². The number of nitrogens with one attached hydrogen (secondary N) is 1. The highest BCUT2D eigenvalue weighted by atomic mass is 32.1. The second kappa shape index (κ2) is 3.57. The molecule has 0 radical (unpaired) electrons. The predicted octanol–water partition coefficient (Wildman–Crippen LogP) is -0.133. The van der Waals surface area contributed by atoms with Crippen molar-refractivity contribution in [1.29, 1.82) is 0 Å². The van der Waals surface area contributed by atoms with Crippen LogP contribution in [0.25, 0.3) is 0 Å². The molecule has 0 aliphatic carbocycles. The van der Waals surface area contributed by atoms with Gasteiger partial charge in [-0.25, -0.2) is 10.6 Å². The Morgan fingerprint density at radius 1 is 1.86 bits per heavy atom. The maximum absolute atomic E-state index is 9.87. The zero-order valence-electron chi connectivity index (χ0n) is 3.33. The molecule has 5 nitrogen and oxygen atoms in total. The molecule has 0 aliphatic heterocycles. The predicted molar refractivity (Wildman–Crippen MR) is 26.6 cm³/mol. The second-order valence-corrected chi connectivity index (χ2v) is 0.818. The van der Waals surface area contributed by atoms with Crippen molar-refractivity contribution < 1.29 is 4.79 Å². The fraction of sp³-hybridized carbons (Fsp3) is 0. The van der Waals surface area contributed by atoms with Crippen LogP contribution in [-0.2, 0) is 0 Å². The third kappa shape index (κ3) is 3.20. The summed E-state index contributed by atoms with van der Waals surface area (Å²) >= 11 is 3.26. The monoisotopic (exact) mass is 120 g/mol. The summed E-state index contributed by atoms with van der Waals surface area (Å²) in [4.78, 5) is 9.87. The summed E-state index contributed by atoms with van der Waals surface area (Å²) in [6.45, 7) is 0. The van der Waals surface area contributed by atoms with Crippen LogP contribution in [0.4, 0.5) is 4.79 Å². The molecule has 0 heterocycles. The Kier molecular flexibility index (Phi) is 3.25. The first-order chi connectivity index (χ1) is 3.31. The van der Waals surface area contributed by atoms with Gasteiger partial charge in [-0.1, -0.05) is 5.11 Å². The number of carbonyl (C=O) groups excluding carboxylic acids is 1. The lowest BCUT2D eigenvalue weighted by atomic mass is 11.1. The molecule has 0 aliphatic rings. The van der Waals surface area contributed by atoms with E-state index in [1.807, 2.05) is 0 Å². The van der Waals surface area contributed by atoms with E-state index in [9.17, 15) is 4.79 Å². The van der Waals surface area contributed by atoms with Gasteiger partial charge in [0.25, 0.3) is 0 Å². The molecular formula is CH4N4OS. The van der Waals surface area contributed by atoms with Crippen molar-refractivity contribution in [2.75, 3.05) is 0 Å². The number of hydrazine groups is 1. The number of nitrogens with two attached hydrogens (primary N) is 1. The second-order valence-electron chi connectivity index (χ2n) is 0.639. The lowest BCUT2D eigenvalue weighted by Crippen LogP contribution is -2.26. The quantitative estimate of drug-likeness (QED) is 0.137. The average Bonchev–Trinajstić information content (AvgIpc) is 1.68. The van der Waals surface area contributed by atoms with Gasteiger partial charge in [0.05, 0.1) is 0 Å². The summed E-state index contributed by atoms with van der Waals surface area (Å²) < 4.78 is 2.83. The van der Waals surface area contributed by atoms with Gasteiger partial charge < -0.3 is 0 Å². The number of rotatable bonds is 0. The maximum Gasteiger partial charge on any atom is 0.374 e. The molecule has 0 rings (SSSR count).